The third-order valence-electron chi connectivity index (χ3n) is 3.81. The molecule has 1 aliphatic heterocycles. The zero-order valence-corrected chi connectivity index (χ0v) is 14.3. The normalized spacial score (nSPS) is 22.5. The summed E-state index contributed by atoms with van der Waals surface area (Å²) in [4.78, 5) is 0.297. The standard InChI is InChI=1S/C14H20ClNO2S2/c1-14(2)6-7-19-9-13(14)16-12-8-10(20(3,17)18)4-5-11(12)15/h4-5,8,13,16H,6-7,9H2,1-3H3. The average molecular weight is 334 g/mol. The molecule has 3 nitrogen and oxygen atoms in total. The predicted molar refractivity (Wildman–Crippen MR) is 87.7 cm³/mol. The number of anilines is 1. The maximum atomic E-state index is 11.6. The molecule has 1 saturated heterocycles. The molecule has 2 rings (SSSR count). The number of hydrogen-bond donors (Lipinski definition) is 1. The highest BCUT2D eigenvalue weighted by Gasteiger charge is 2.32. The molecule has 20 heavy (non-hydrogen) atoms. The Morgan fingerprint density at radius 2 is 2.10 bits per heavy atom. The van der Waals surface area contributed by atoms with E-state index < -0.39 is 9.84 Å². The van der Waals surface area contributed by atoms with Crippen LogP contribution in [0.25, 0.3) is 0 Å². The molecule has 1 aromatic rings. The second-order valence-electron chi connectivity index (χ2n) is 5.92. The van der Waals surface area contributed by atoms with Crippen LogP contribution in [-0.2, 0) is 9.84 Å². The van der Waals surface area contributed by atoms with Crippen LogP contribution in [0, 0.1) is 5.41 Å². The molecule has 1 aromatic carbocycles. The summed E-state index contributed by atoms with van der Waals surface area (Å²) < 4.78 is 23.3. The molecule has 1 aliphatic rings. The minimum Gasteiger partial charge on any atom is -0.380 e. The van der Waals surface area contributed by atoms with Gasteiger partial charge in [0, 0.05) is 18.1 Å². The van der Waals surface area contributed by atoms with Crippen molar-refractivity contribution in [1.29, 1.82) is 0 Å². The zero-order chi connectivity index (χ0) is 15.0. The second-order valence-corrected chi connectivity index (χ2v) is 9.50. The molecule has 0 saturated carbocycles. The van der Waals surface area contributed by atoms with Crippen LogP contribution < -0.4 is 5.32 Å². The lowest BCUT2D eigenvalue weighted by Gasteiger charge is -2.39. The van der Waals surface area contributed by atoms with Crippen molar-refractivity contribution in [2.24, 2.45) is 5.41 Å². The van der Waals surface area contributed by atoms with Crippen molar-refractivity contribution in [1.82, 2.24) is 0 Å². The van der Waals surface area contributed by atoms with Gasteiger partial charge in [0.25, 0.3) is 0 Å². The maximum Gasteiger partial charge on any atom is 0.175 e. The summed E-state index contributed by atoms with van der Waals surface area (Å²) in [5.41, 5.74) is 0.880. The van der Waals surface area contributed by atoms with Crippen molar-refractivity contribution in [3.05, 3.63) is 23.2 Å². The molecule has 6 heteroatoms. The predicted octanol–water partition coefficient (Wildman–Crippen LogP) is 3.69. The van der Waals surface area contributed by atoms with Crippen LogP contribution in [0.2, 0.25) is 5.02 Å². The lowest BCUT2D eigenvalue weighted by atomic mass is 9.82. The van der Waals surface area contributed by atoms with E-state index in [1.165, 1.54) is 12.0 Å². The molecule has 0 spiro atoms. The smallest absolute Gasteiger partial charge is 0.175 e. The van der Waals surface area contributed by atoms with Gasteiger partial charge < -0.3 is 5.32 Å². The second kappa shape index (κ2) is 5.78. The van der Waals surface area contributed by atoms with Gasteiger partial charge in [0.1, 0.15) is 0 Å². The fourth-order valence-electron chi connectivity index (χ4n) is 2.21. The molecular weight excluding hydrogens is 314 g/mol. The van der Waals surface area contributed by atoms with Crippen molar-refractivity contribution < 1.29 is 8.42 Å². The Hall–Kier alpha value is -0.390. The molecular formula is C14H20ClNO2S2. The summed E-state index contributed by atoms with van der Waals surface area (Å²) in [6.45, 7) is 4.47. The number of halogens is 1. The van der Waals surface area contributed by atoms with Crippen molar-refractivity contribution in [3.63, 3.8) is 0 Å². The van der Waals surface area contributed by atoms with Gasteiger partial charge in [-0.05, 0) is 35.8 Å². The van der Waals surface area contributed by atoms with Crippen molar-refractivity contribution in [2.45, 2.75) is 31.2 Å². The van der Waals surface area contributed by atoms with E-state index >= 15 is 0 Å². The van der Waals surface area contributed by atoms with Crippen LogP contribution in [0.5, 0.6) is 0 Å². The van der Waals surface area contributed by atoms with Gasteiger partial charge in [-0.2, -0.15) is 11.8 Å². The minimum absolute atomic E-state index is 0.176. The van der Waals surface area contributed by atoms with Crippen molar-refractivity contribution in [2.75, 3.05) is 23.1 Å². The quantitative estimate of drug-likeness (QED) is 0.916. The monoisotopic (exact) mass is 333 g/mol. The summed E-state index contributed by atoms with van der Waals surface area (Å²) in [5.74, 6) is 2.18. The highest BCUT2D eigenvalue weighted by molar-refractivity contribution is 7.99. The number of hydrogen-bond acceptors (Lipinski definition) is 4. The topological polar surface area (TPSA) is 46.2 Å². The van der Waals surface area contributed by atoms with Gasteiger partial charge in [0.05, 0.1) is 15.6 Å². The van der Waals surface area contributed by atoms with E-state index in [4.69, 9.17) is 11.6 Å². The first-order chi connectivity index (χ1) is 9.20. The SMILES string of the molecule is CC1(C)CCSCC1Nc1cc(S(C)(=O)=O)ccc1Cl. The molecule has 1 unspecified atom stereocenters. The van der Waals surface area contributed by atoms with Gasteiger partial charge in [-0.15, -0.1) is 0 Å². The van der Waals surface area contributed by atoms with Crippen LogP contribution in [0.4, 0.5) is 5.69 Å². The molecule has 112 valence electrons. The maximum absolute atomic E-state index is 11.6. The summed E-state index contributed by atoms with van der Waals surface area (Å²) in [6.07, 6.45) is 2.35. The van der Waals surface area contributed by atoms with Gasteiger partial charge in [-0.25, -0.2) is 8.42 Å². The van der Waals surface area contributed by atoms with E-state index in [0.29, 0.717) is 15.6 Å². The van der Waals surface area contributed by atoms with E-state index in [0.717, 1.165) is 12.2 Å². The van der Waals surface area contributed by atoms with E-state index in [2.05, 4.69) is 19.2 Å². The fraction of sp³-hybridized carbons (Fsp3) is 0.571. The lowest BCUT2D eigenvalue weighted by Crippen LogP contribution is -2.41. The first kappa shape index (κ1) is 16.0. The Morgan fingerprint density at radius 1 is 1.40 bits per heavy atom. The third-order valence-corrected chi connectivity index (χ3v) is 6.32. The fourth-order valence-corrected chi connectivity index (χ4v) is 4.63. The Balaban J connectivity index is 2.29. The first-order valence-electron chi connectivity index (χ1n) is 6.54. The Morgan fingerprint density at radius 3 is 2.70 bits per heavy atom. The Labute approximate surface area is 130 Å². The van der Waals surface area contributed by atoms with E-state index in [1.54, 1.807) is 18.2 Å². The summed E-state index contributed by atoms with van der Waals surface area (Å²) in [7, 11) is -3.22. The van der Waals surface area contributed by atoms with Gasteiger partial charge in [-0.1, -0.05) is 25.4 Å². The molecule has 1 fully saturated rings. The third kappa shape index (κ3) is 3.62. The van der Waals surface area contributed by atoms with Gasteiger partial charge in [-0.3, -0.25) is 0 Å². The van der Waals surface area contributed by atoms with E-state index in [1.807, 2.05) is 11.8 Å². The summed E-state index contributed by atoms with van der Waals surface area (Å²) >= 11 is 8.11. The van der Waals surface area contributed by atoms with E-state index in [9.17, 15) is 8.42 Å². The number of thioether (sulfide) groups is 1. The van der Waals surface area contributed by atoms with Gasteiger partial charge in [0.2, 0.25) is 0 Å². The van der Waals surface area contributed by atoms with Crippen molar-refractivity contribution in [3.8, 4) is 0 Å². The zero-order valence-electron chi connectivity index (χ0n) is 11.9. The highest BCUT2D eigenvalue weighted by Crippen LogP contribution is 2.37. The Kier molecular flexibility index (Phi) is 4.62. The van der Waals surface area contributed by atoms with Crippen molar-refractivity contribution >= 4 is 38.9 Å². The molecule has 0 bridgehead atoms. The van der Waals surface area contributed by atoms with Crippen LogP contribution in [0.1, 0.15) is 20.3 Å². The lowest BCUT2D eigenvalue weighted by molar-refractivity contribution is 0.305. The van der Waals surface area contributed by atoms with Crippen LogP contribution in [0.15, 0.2) is 23.1 Å². The highest BCUT2D eigenvalue weighted by atomic mass is 35.5. The van der Waals surface area contributed by atoms with Crippen LogP contribution >= 0.6 is 23.4 Å². The average Bonchev–Trinajstić information content (AvgIpc) is 2.32. The summed E-state index contributed by atoms with van der Waals surface area (Å²) in [5, 5.41) is 3.99. The molecule has 0 amide bonds. The number of rotatable bonds is 3. The number of nitrogens with one attached hydrogen (secondary N) is 1. The molecule has 0 radical (unpaired) electrons. The van der Waals surface area contributed by atoms with E-state index in [-0.39, 0.29) is 11.5 Å². The molecule has 0 aromatic heterocycles. The molecule has 0 aliphatic carbocycles. The first-order valence-corrected chi connectivity index (χ1v) is 9.96. The summed E-state index contributed by atoms with van der Waals surface area (Å²) in [6, 6.07) is 5.11. The van der Waals surface area contributed by atoms with Gasteiger partial charge in [0.15, 0.2) is 9.84 Å². The number of benzene rings is 1. The van der Waals surface area contributed by atoms with Crippen LogP contribution in [0.3, 0.4) is 0 Å². The molecule has 1 N–H and O–H groups in total. The van der Waals surface area contributed by atoms with Gasteiger partial charge >= 0.3 is 0 Å². The molecule has 1 heterocycles. The molecule has 1 atom stereocenters. The number of sulfone groups is 1. The Bertz CT molecular complexity index is 599. The minimum atomic E-state index is -3.22. The largest absolute Gasteiger partial charge is 0.380 e. The van der Waals surface area contributed by atoms with Crippen LogP contribution in [-0.4, -0.2) is 32.2 Å².